The molecule has 1 heterocycles. The molecule has 0 saturated heterocycles. The van der Waals surface area contributed by atoms with Gasteiger partial charge in [-0.3, -0.25) is 4.79 Å². The third-order valence-electron chi connectivity index (χ3n) is 2.44. The van der Waals surface area contributed by atoms with Gasteiger partial charge in [0.05, 0.1) is 5.56 Å². The largest absolute Gasteiger partial charge is 0.480 e. The summed E-state index contributed by atoms with van der Waals surface area (Å²) in [6.07, 6.45) is 1.62. The molecule has 1 amide bonds. The highest BCUT2D eigenvalue weighted by atomic mass is 16.4. The first-order valence-electron chi connectivity index (χ1n) is 5.84. The van der Waals surface area contributed by atoms with E-state index in [4.69, 9.17) is 10.4 Å². The van der Waals surface area contributed by atoms with Crippen molar-refractivity contribution in [2.24, 2.45) is 5.92 Å². The molecule has 1 atom stereocenters. The molecule has 6 nitrogen and oxygen atoms in total. The average molecular weight is 261 g/mol. The lowest BCUT2D eigenvalue weighted by Gasteiger charge is -2.16. The summed E-state index contributed by atoms with van der Waals surface area (Å²) >= 11 is 0. The van der Waals surface area contributed by atoms with Crippen molar-refractivity contribution in [3.63, 3.8) is 0 Å². The Morgan fingerprint density at radius 3 is 2.58 bits per heavy atom. The molecule has 2 N–H and O–H groups in total. The second kappa shape index (κ2) is 6.50. The van der Waals surface area contributed by atoms with Crippen molar-refractivity contribution < 1.29 is 14.7 Å². The van der Waals surface area contributed by atoms with E-state index in [0.717, 1.165) is 0 Å². The molecular formula is C13H15N3O3. The number of nitrogens with zero attached hydrogens (tertiary/aromatic N) is 2. The van der Waals surface area contributed by atoms with Gasteiger partial charge in [0.2, 0.25) is 0 Å². The number of carbonyl (C=O) groups is 2. The number of hydrogen-bond donors (Lipinski definition) is 2. The highest BCUT2D eigenvalue weighted by molar-refractivity contribution is 5.94. The summed E-state index contributed by atoms with van der Waals surface area (Å²) in [6, 6.07) is 3.80. The number of hydrogen-bond acceptors (Lipinski definition) is 4. The van der Waals surface area contributed by atoms with Gasteiger partial charge in [0.15, 0.2) is 0 Å². The standard InChI is InChI=1S/C13H15N3O3/c1-8(2)5-11(13(18)19)16-12(17)10-4-3-9(6-14)7-15-10/h3-4,7-8,11H,5H2,1-2H3,(H,16,17)(H,18,19)/t11-/m1/s1. The van der Waals surface area contributed by atoms with Crippen LogP contribution >= 0.6 is 0 Å². The lowest BCUT2D eigenvalue weighted by molar-refractivity contribution is -0.139. The zero-order valence-corrected chi connectivity index (χ0v) is 10.8. The second-order valence-corrected chi connectivity index (χ2v) is 4.54. The van der Waals surface area contributed by atoms with Gasteiger partial charge in [-0.05, 0) is 24.5 Å². The van der Waals surface area contributed by atoms with E-state index in [1.54, 1.807) is 0 Å². The minimum absolute atomic E-state index is 0.0917. The first-order valence-corrected chi connectivity index (χ1v) is 5.84. The van der Waals surface area contributed by atoms with Gasteiger partial charge in [0.25, 0.3) is 5.91 Å². The summed E-state index contributed by atoms with van der Waals surface area (Å²) in [5.74, 6) is -1.48. The Balaban J connectivity index is 2.76. The monoisotopic (exact) mass is 261 g/mol. The molecule has 0 aliphatic rings. The molecule has 6 heteroatoms. The SMILES string of the molecule is CC(C)C[C@@H](NC(=O)c1ccc(C#N)cn1)C(=O)O. The number of rotatable bonds is 5. The van der Waals surface area contributed by atoms with Gasteiger partial charge in [-0.2, -0.15) is 5.26 Å². The van der Waals surface area contributed by atoms with Crippen molar-refractivity contribution in [3.05, 3.63) is 29.6 Å². The predicted molar refractivity (Wildman–Crippen MR) is 67.3 cm³/mol. The molecule has 0 aliphatic heterocycles. The highest BCUT2D eigenvalue weighted by Gasteiger charge is 2.22. The summed E-state index contributed by atoms with van der Waals surface area (Å²) in [6.45, 7) is 3.75. The van der Waals surface area contributed by atoms with E-state index in [2.05, 4.69) is 10.3 Å². The van der Waals surface area contributed by atoms with Crippen LogP contribution in [0, 0.1) is 17.2 Å². The molecule has 0 aromatic carbocycles. The Labute approximate surface area is 111 Å². The average Bonchev–Trinajstić information content (AvgIpc) is 2.37. The normalized spacial score (nSPS) is 11.7. The fourth-order valence-electron chi connectivity index (χ4n) is 1.52. The van der Waals surface area contributed by atoms with Crippen LogP contribution in [0.25, 0.3) is 0 Å². The number of nitrogens with one attached hydrogen (secondary N) is 1. The highest BCUT2D eigenvalue weighted by Crippen LogP contribution is 2.06. The quantitative estimate of drug-likeness (QED) is 0.828. The fraction of sp³-hybridized carbons (Fsp3) is 0.385. The van der Waals surface area contributed by atoms with E-state index < -0.39 is 17.9 Å². The lowest BCUT2D eigenvalue weighted by atomic mass is 10.0. The van der Waals surface area contributed by atoms with Crippen LogP contribution in [0.4, 0.5) is 0 Å². The van der Waals surface area contributed by atoms with Crippen LogP contribution in [0.3, 0.4) is 0 Å². The molecule has 19 heavy (non-hydrogen) atoms. The van der Waals surface area contributed by atoms with E-state index in [9.17, 15) is 9.59 Å². The summed E-state index contributed by atoms with van der Waals surface area (Å²) in [7, 11) is 0. The van der Waals surface area contributed by atoms with E-state index in [1.165, 1.54) is 18.3 Å². The Morgan fingerprint density at radius 1 is 1.47 bits per heavy atom. The molecule has 0 unspecified atom stereocenters. The molecule has 0 saturated carbocycles. The van der Waals surface area contributed by atoms with Gasteiger partial charge in [-0.25, -0.2) is 9.78 Å². The molecule has 0 aliphatic carbocycles. The molecule has 0 spiro atoms. The topological polar surface area (TPSA) is 103 Å². The minimum atomic E-state index is -1.07. The van der Waals surface area contributed by atoms with Crippen molar-refractivity contribution in [2.45, 2.75) is 26.3 Å². The van der Waals surface area contributed by atoms with Crippen molar-refractivity contribution >= 4 is 11.9 Å². The van der Waals surface area contributed by atoms with Crippen LogP contribution < -0.4 is 5.32 Å². The van der Waals surface area contributed by atoms with Crippen molar-refractivity contribution in [1.82, 2.24) is 10.3 Å². The Hall–Kier alpha value is -2.42. The van der Waals surface area contributed by atoms with Crippen LogP contribution in [0.15, 0.2) is 18.3 Å². The molecule has 1 aromatic heterocycles. The smallest absolute Gasteiger partial charge is 0.326 e. The van der Waals surface area contributed by atoms with E-state index in [1.807, 2.05) is 19.9 Å². The van der Waals surface area contributed by atoms with Crippen LogP contribution in [-0.4, -0.2) is 28.0 Å². The Morgan fingerprint density at radius 2 is 2.16 bits per heavy atom. The third kappa shape index (κ3) is 4.39. The van der Waals surface area contributed by atoms with Crippen molar-refractivity contribution in [3.8, 4) is 6.07 Å². The maximum atomic E-state index is 11.8. The van der Waals surface area contributed by atoms with Gasteiger partial charge in [-0.1, -0.05) is 13.8 Å². The number of carbonyl (C=O) groups excluding carboxylic acids is 1. The molecule has 1 aromatic rings. The third-order valence-corrected chi connectivity index (χ3v) is 2.44. The lowest BCUT2D eigenvalue weighted by Crippen LogP contribution is -2.41. The summed E-state index contributed by atoms with van der Waals surface area (Å²) in [4.78, 5) is 26.7. The molecule has 0 fully saturated rings. The van der Waals surface area contributed by atoms with Gasteiger partial charge in [0, 0.05) is 6.20 Å². The molecule has 0 radical (unpaired) electrons. The fourth-order valence-corrected chi connectivity index (χ4v) is 1.52. The summed E-state index contributed by atoms with van der Waals surface area (Å²) in [5, 5.41) is 20.1. The maximum absolute atomic E-state index is 11.8. The Kier molecular flexibility index (Phi) is 5.01. The van der Waals surface area contributed by atoms with Gasteiger partial charge in [-0.15, -0.1) is 0 Å². The van der Waals surface area contributed by atoms with Crippen molar-refractivity contribution in [2.75, 3.05) is 0 Å². The van der Waals surface area contributed by atoms with E-state index in [-0.39, 0.29) is 11.6 Å². The molecular weight excluding hydrogens is 246 g/mol. The number of amides is 1. The van der Waals surface area contributed by atoms with Gasteiger partial charge < -0.3 is 10.4 Å². The van der Waals surface area contributed by atoms with Gasteiger partial charge in [0.1, 0.15) is 17.8 Å². The number of pyridine rings is 1. The molecule has 1 rings (SSSR count). The molecule has 100 valence electrons. The van der Waals surface area contributed by atoms with Crippen molar-refractivity contribution in [1.29, 1.82) is 5.26 Å². The summed E-state index contributed by atoms with van der Waals surface area (Å²) in [5.41, 5.74) is 0.433. The number of aromatic nitrogens is 1. The zero-order chi connectivity index (χ0) is 14.4. The first kappa shape index (κ1) is 14.6. The van der Waals surface area contributed by atoms with E-state index >= 15 is 0 Å². The maximum Gasteiger partial charge on any atom is 0.326 e. The first-order chi connectivity index (χ1) is 8.93. The minimum Gasteiger partial charge on any atom is -0.480 e. The van der Waals surface area contributed by atoms with Crippen LogP contribution in [0.5, 0.6) is 0 Å². The predicted octanol–water partition coefficient (Wildman–Crippen LogP) is 1.18. The number of aliphatic carboxylic acids is 1. The van der Waals surface area contributed by atoms with E-state index in [0.29, 0.717) is 12.0 Å². The van der Waals surface area contributed by atoms with Gasteiger partial charge >= 0.3 is 5.97 Å². The van der Waals surface area contributed by atoms with Crippen LogP contribution in [0.1, 0.15) is 36.3 Å². The van der Waals surface area contributed by atoms with Crippen LogP contribution in [-0.2, 0) is 4.79 Å². The second-order valence-electron chi connectivity index (χ2n) is 4.54. The Bertz CT molecular complexity index is 503. The number of carboxylic acids is 1. The molecule has 0 bridgehead atoms. The zero-order valence-electron chi connectivity index (χ0n) is 10.8. The number of carboxylic acid groups (broad SMARTS) is 1. The summed E-state index contributed by atoms with van der Waals surface area (Å²) < 4.78 is 0. The van der Waals surface area contributed by atoms with Crippen LogP contribution in [0.2, 0.25) is 0 Å². The number of nitriles is 1.